The zero-order valence-electron chi connectivity index (χ0n) is 10.7. The molecule has 0 aliphatic carbocycles. The van der Waals surface area contributed by atoms with Crippen molar-refractivity contribution in [2.45, 2.75) is 19.8 Å². The zero-order chi connectivity index (χ0) is 13.1. The van der Waals surface area contributed by atoms with Crippen LogP contribution in [0.25, 0.3) is 0 Å². The van der Waals surface area contributed by atoms with Gasteiger partial charge in [-0.15, -0.1) is 0 Å². The van der Waals surface area contributed by atoms with Crippen molar-refractivity contribution in [2.75, 3.05) is 0 Å². The van der Waals surface area contributed by atoms with Crippen LogP contribution in [0.15, 0.2) is 65.7 Å². The molecule has 0 spiro atoms. The highest BCUT2D eigenvalue weighted by molar-refractivity contribution is 5.76. The van der Waals surface area contributed by atoms with Gasteiger partial charge in [0, 0.05) is 6.21 Å². The third kappa shape index (κ3) is 5.85. The van der Waals surface area contributed by atoms with Crippen LogP contribution in [-0.4, -0.2) is 11.3 Å². The van der Waals surface area contributed by atoms with Crippen LogP contribution in [0, 0.1) is 0 Å². The van der Waals surface area contributed by atoms with Crippen molar-refractivity contribution >= 4 is 11.9 Å². The number of hydrogen-bond acceptors (Lipinski definition) is 2. The maximum Gasteiger partial charge on any atom is 0.141 e. The molecule has 0 amide bonds. The molecule has 0 saturated heterocycles. The molecular weight excluding hydrogens is 222 g/mol. The lowest BCUT2D eigenvalue weighted by molar-refractivity contribution is 0.477. The SMILES string of the molecule is CCC/C=C/C=C/C=C/C=Nc1ccccc1O. The van der Waals surface area contributed by atoms with Crippen LogP contribution >= 0.6 is 0 Å². The van der Waals surface area contributed by atoms with E-state index in [-0.39, 0.29) is 5.75 Å². The van der Waals surface area contributed by atoms with E-state index < -0.39 is 0 Å². The lowest BCUT2D eigenvalue weighted by Gasteiger charge is -1.94. The summed E-state index contributed by atoms with van der Waals surface area (Å²) in [6.45, 7) is 2.16. The maximum absolute atomic E-state index is 9.47. The molecule has 0 radical (unpaired) electrons. The van der Waals surface area contributed by atoms with Gasteiger partial charge >= 0.3 is 0 Å². The number of phenols is 1. The standard InChI is InChI=1S/C16H19NO/c1-2-3-4-5-6-7-8-11-14-17-15-12-9-10-13-16(15)18/h4-14,18H,2-3H2,1H3/b5-4+,7-6+,11-8+,17-14?. The number of aromatic hydroxyl groups is 1. The average molecular weight is 241 g/mol. The summed E-state index contributed by atoms with van der Waals surface area (Å²) >= 11 is 0. The summed E-state index contributed by atoms with van der Waals surface area (Å²) < 4.78 is 0. The van der Waals surface area contributed by atoms with Crippen molar-refractivity contribution in [3.63, 3.8) is 0 Å². The summed E-state index contributed by atoms with van der Waals surface area (Å²) in [5, 5.41) is 9.47. The van der Waals surface area contributed by atoms with Crippen molar-refractivity contribution in [3.05, 3.63) is 60.7 Å². The second kappa shape index (κ2) is 8.99. The molecule has 18 heavy (non-hydrogen) atoms. The molecule has 2 nitrogen and oxygen atoms in total. The van der Waals surface area contributed by atoms with Crippen LogP contribution in [0.5, 0.6) is 5.75 Å². The van der Waals surface area contributed by atoms with Crippen molar-refractivity contribution in [1.29, 1.82) is 0 Å². The molecule has 0 aromatic heterocycles. The van der Waals surface area contributed by atoms with Crippen LogP contribution < -0.4 is 0 Å². The first kappa shape index (κ1) is 14.0. The van der Waals surface area contributed by atoms with Gasteiger partial charge < -0.3 is 5.11 Å². The van der Waals surface area contributed by atoms with Crippen LogP contribution in [0.4, 0.5) is 5.69 Å². The number of hydrogen-bond donors (Lipinski definition) is 1. The van der Waals surface area contributed by atoms with E-state index in [1.165, 1.54) is 6.42 Å². The van der Waals surface area contributed by atoms with E-state index in [1.54, 1.807) is 24.4 Å². The molecule has 0 fully saturated rings. The van der Waals surface area contributed by atoms with Gasteiger partial charge in [0.25, 0.3) is 0 Å². The third-order valence-electron chi connectivity index (χ3n) is 2.22. The Hall–Kier alpha value is -2.09. The lowest BCUT2D eigenvalue weighted by atomic mass is 10.3. The summed E-state index contributed by atoms with van der Waals surface area (Å²) in [6, 6.07) is 7.00. The fraction of sp³-hybridized carbons (Fsp3) is 0.188. The van der Waals surface area contributed by atoms with E-state index >= 15 is 0 Å². The Balaban J connectivity index is 2.39. The molecule has 0 aliphatic rings. The molecule has 2 heteroatoms. The molecular formula is C16H19NO. The zero-order valence-corrected chi connectivity index (χ0v) is 10.7. The summed E-state index contributed by atoms with van der Waals surface area (Å²) in [5.74, 6) is 0.195. The molecule has 1 aromatic rings. The number of phenolic OH excluding ortho intramolecular Hbond substituents is 1. The van der Waals surface area contributed by atoms with Gasteiger partial charge in [0.1, 0.15) is 11.4 Å². The lowest BCUT2D eigenvalue weighted by Crippen LogP contribution is -1.68. The molecule has 0 heterocycles. The van der Waals surface area contributed by atoms with E-state index in [1.807, 2.05) is 36.4 Å². The molecule has 0 unspecified atom stereocenters. The minimum atomic E-state index is 0.195. The number of para-hydroxylation sites is 2. The number of rotatable bonds is 6. The quantitative estimate of drug-likeness (QED) is 0.574. The molecule has 1 N–H and O–H groups in total. The average Bonchev–Trinajstić information content (AvgIpc) is 2.39. The number of aliphatic imine (C=N–C) groups is 1. The predicted molar refractivity (Wildman–Crippen MR) is 78.6 cm³/mol. The maximum atomic E-state index is 9.47. The summed E-state index contributed by atoms with van der Waals surface area (Å²) in [5.41, 5.74) is 0.578. The Bertz CT molecular complexity index is 456. The number of allylic oxidation sites excluding steroid dienone is 6. The number of unbranched alkanes of at least 4 members (excludes halogenated alkanes) is 1. The minimum absolute atomic E-state index is 0.195. The highest BCUT2D eigenvalue weighted by atomic mass is 16.3. The molecule has 0 bridgehead atoms. The van der Waals surface area contributed by atoms with Crippen LogP contribution in [0.2, 0.25) is 0 Å². The Labute approximate surface area is 109 Å². The number of nitrogens with zero attached hydrogens (tertiary/aromatic N) is 1. The Morgan fingerprint density at radius 1 is 1.06 bits per heavy atom. The van der Waals surface area contributed by atoms with E-state index in [0.29, 0.717) is 5.69 Å². The molecule has 0 aliphatic heterocycles. The fourth-order valence-electron chi connectivity index (χ4n) is 1.28. The van der Waals surface area contributed by atoms with Crippen molar-refractivity contribution in [2.24, 2.45) is 4.99 Å². The fourth-order valence-corrected chi connectivity index (χ4v) is 1.28. The van der Waals surface area contributed by atoms with Gasteiger partial charge in [0.15, 0.2) is 0 Å². The predicted octanol–water partition coefficient (Wildman–Crippen LogP) is 4.56. The first-order valence-corrected chi connectivity index (χ1v) is 6.15. The van der Waals surface area contributed by atoms with Crippen molar-refractivity contribution in [1.82, 2.24) is 0 Å². The summed E-state index contributed by atoms with van der Waals surface area (Å²) in [4.78, 5) is 4.14. The van der Waals surface area contributed by atoms with Crippen molar-refractivity contribution in [3.8, 4) is 5.75 Å². The summed E-state index contributed by atoms with van der Waals surface area (Å²) in [6.07, 6.45) is 15.8. The van der Waals surface area contributed by atoms with Gasteiger partial charge in [0.05, 0.1) is 0 Å². The van der Waals surface area contributed by atoms with E-state index in [2.05, 4.69) is 18.0 Å². The van der Waals surface area contributed by atoms with Gasteiger partial charge in [-0.2, -0.15) is 0 Å². The Kier molecular flexibility index (Phi) is 6.98. The van der Waals surface area contributed by atoms with Crippen molar-refractivity contribution < 1.29 is 5.11 Å². The first-order valence-electron chi connectivity index (χ1n) is 6.15. The molecule has 1 aromatic carbocycles. The van der Waals surface area contributed by atoms with Gasteiger partial charge in [-0.05, 0) is 24.6 Å². The second-order valence-corrected chi connectivity index (χ2v) is 3.75. The van der Waals surface area contributed by atoms with Crippen LogP contribution in [0.1, 0.15) is 19.8 Å². The highest BCUT2D eigenvalue weighted by Crippen LogP contribution is 2.24. The first-order chi connectivity index (χ1) is 8.84. The van der Waals surface area contributed by atoms with Crippen LogP contribution in [-0.2, 0) is 0 Å². The summed E-state index contributed by atoms with van der Waals surface area (Å²) in [7, 11) is 0. The molecule has 0 atom stereocenters. The topological polar surface area (TPSA) is 32.6 Å². The largest absolute Gasteiger partial charge is 0.506 e. The van der Waals surface area contributed by atoms with E-state index in [0.717, 1.165) is 6.42 Å². The highest BCUT2D eigenvalue weighted by Gasteiger charge is 1.92. The molecule has 1 rings (SSSR count). The minimum Gasteiger partial charge on any atom is -0.506 e. The Morgan fingerprint density at radius 3 is 2.56 bits per heavy atom. The Morgan fingerprint density at radius 2 is 1.78 bits per heavy atom. The monoisotopic (exact) mass is 241 g/mol. The molecule has 94 valence electrons. The smallest absolute Gasteiger partial charge is 0.141 e. The molecule has 0 saturated carbocycles. The number of benzene rings is 1. The van der Waals surface area contributed by atoms with Gasteiger partial charge in [-0.1, -0.05) is 55.9 Å². The van der Waals surface area contributed by atoms with Crippen LogP contribution in [0.3, 0.4) is 0 Å². The third-order valence-corrected chi connectivity index (χ3v) is 2.22. The van der Waals surface area contributed by atoms with E-state index in [9.17, 15) is 5.11 Å². The normalized spacial score (nSPS) is 12.5. The van der Waals surface area contributed by atoms with Gasteiger partial charge in [0.2, 0.25) is 0 Å². The van der Waals surface area contributed by atoms with E-state index in [4.69, 9.17) is 0 Å². The second-order valence-electron chi connectivity index (χ2n) is 3.75. The van der Waals surface area contributed by atoms with Gasteiger partial charge in [-0.25, -0.2) is 0 Å². The van der Waals surface area contributed by atoms with Gasteiger partial charge in [-0.3, -0.25) is 4.99 Å².